The Morgan fingerprint density at radius 3 is 1.15 bits per heavy atom. The molecule has 0 aromatic heterocycles. The number of ketones is 2. The van der Waals surface area contributed by atoms with Crippen molar-refractivity contribution in [3.63, 3.8) is 0 Å². The second-order valence-electron chi connectivity index (χ2n) is 8.68. The number of Topliss-reactive ketones (excluding diaryl/α,β-unsaturated/α-hetero) is 2. The highest BCUT2D eigenvalue weighted by Crippen LogP contribution is 2.23. The Morgan fingerprint density at radius 2 is 0.909 bits per heavy atom. The van der Waals surface area contributed by atoms with Gasteiger partial charge in [-0.3, -0.25) is 9.59 Å². The summed E-state index contributed by atoms with van der Waals surface area (Å²) in [5.41, 5.74) is 2.30. The first-order valence-corrected chi connectivity index (χ1v) is 14.7. The van der Waals surface area contributed by atoms with Crippen molar-refractivity contribution >= 4 is 41.2 Å². The fraction of sp³-hybridized carbons (Fsp3) is 0.357. The van der Waals surface area contributed by atoms with Gasteiger partial charge in [0.2, 0.25) is 0 Å². The lowest BCUT2D eigenvalue weighted by atomic mass is 9.98. The molecule has 0 spiro atoms. The van der Waals surface area contributed by atoms with Crippen LogP contribution in [0, 0.1) is 0 Å². The van der Waals surface area contributed by atoms with E-state index in [1.165, 1.54) is 10.4 Å². The Bertz CT molecular complexity index is 973. The maximum atomic E-state index is 12.4. The van der Waals surface area contributed by atoms with E-state index in [2.05, 4.69) is 37.4 Å². The number of rotatable bonds is 10. The van der Waals surface area contributed by atoms with Gasteiger partial charge in [-0.1, -0.05) is 99.7 Å². The molecular weight excluding hydrogens is 428 g/mol. The molecule has 0 aliphatic carbocycles. The highest BCUT2D eigenvalue weighted by atomic mass is 28.3. The molecular formula is C28H36O4Si. The zero-order valence-corrected chi connectivity index (χ0v) is 21.7. The van der Waals surface area contributed by atoms with Gasteiger partial charge < -0.3 is 10.2 Å². The molecule has 0 bridgehead atoms. The molecule has 0 atom stereocenters. The number of carbonyl (C=O) groups is 2. The molecule has 2 aromatic rings. The van der Waals surface area contributed by atoms with Crippen LogP contribution in [-0.2, 0) is 9.59 Å². The van der Waals surface area contributed by atoms with Gasteiger partial charge in [-0.25, -0.2) is 0 Å². The Morgan fingerprint density at radius 1 is 0.606 bits per heavy atom. The molecule has 4 nitrogen and oxygen atoms in total. The van der Waals surface area contributed by atoms with E-state index in [9.17, 15) is 19.8 Å². The van der Waals surface area contributed by atoms with E-state index < -0.39 is 8.07 Å². The van der Waals surface area contributed by atoms with Crippen molar-refractivity contribution in [2.24, 2.45) is 0 Å². The first kappa shape index (κ1) is 26.3. The molecule has 0 aliphatic rings. The number of benzene rings is 2. The summed E-state index contributed by atoms with van der Waals surface area (Å²) in [4.78, 5) is 24.8. The van der Waals surface area contributed by atoms with E-state index in [0.717, 1.165) is 11.1 Å². The topological polar surface area (TPSA) is 74.6 Å². The van der Waals surface area contributed by atoms with Crippen LogP contribution < -0.4 is 10.4 Å². The summed E-state index contributed by atoms with van der Waals surface area (Å²) < 4.78 is 0. The van der Waals surface area contributed by atoms with E-state index in [1.54, 1.807) is 13.8 Å². The molecule has 176 valence electrons. The van der Waals surface area contributed by atoms with E-state index in [4.69, 9.17) is 0 Å². The van der Waals surface area contributed by atoms with Crippen molar-refractivity contribution in [2.75, 3.05) is 0 Å². The Kier molecular flexibility index (Phi) is 9.00. The van der Waals surface area contributed by atoms with Crippen LogP contribution in [0.3, 0.4) is 0 Å². The third-order valence-corrected chi connectivity index (χ3v) is 9.79. The number of carbonyl (C=O) groups excluding carboxylic acids is 2. The summed E-state index contributed by atoms with van der Waals surface area (Å²) >= 11 is 0. The largest absolute Gasteiger partial charge is 0.512 e. The highest BCUT2D eigenvalue weighted by molar-refractivity contribution is 7.00. The monoisotopic (exact) mass is 464 g/mol. The predicted molar refractivity (Wildman–Crippen MR) is 140 cm³/mol. The molecule has 0 fully saturated rings. The minimum atomic E-state index is -2.04. The Hall–Kier alpha value is -2.92. The second-order valence-corrected chi connectivity index (χ2v) is 13.1. The average molecular weight is 465 g/mol. The fourth-order valence-corrected chi connectivity index (χ4v) is 6.29. The van der Waals surface area contributed by atoms with Crippen molar-refractivity contribution in [2.45, 2.75) is 66.5 Å². The van der Waals surface area contributed by atoms with Crippen LogP contribution in [0.15, 0.2) is 60.0 Å². The van der Waals surface area contributed by atoms with Gasteiger partial charge in [0, 0.05) is 25.7 Å². The van der Waals surface area contributed by atoms with Gasteiger partial charge in [0.05, 0.1) is 11.1 Å². The van der Waals surface area contributed by atoms with Crippen molar-refractivity contribution in [3.8, 4) is 0 Å². The molecule has 2 rings (SSSR count). The van der Waals surface area contributed by atoms with E-state index in [1.807, 2.05) is 38.1 Å². The zero-order chi connectivity index (χ0) is 24.8. The molecule has 0 unspecified atom stereocenters. The lowest BCUT2D eigenvalue weighted by molar-refractivity contribution is -0.114. The molecule has 0 saturated heterocycles. The molecule has 0 radical (unpaired) electrons. The third kappa shape index (κ3) is 5.71. The van der Waals surface area contributed by atoms with Gasteiger partial charge in [0.1, 0.15) is 19.6 Å². The summed E-state index contributed by atoms with van der Waals surface area (Å²) in [5, 5.41) is 23.0. The molecule has 2 N–H and O–H groups in total. The summed E-state index contributed by atoms with van der Waals surface area (Å²) in [6.45, 7) is 11.8. The lowest BCUT2D eigenvalue weighted by Gasteiger charge is -2.24. The van der Waals surface area contributed by atoms with Gasteiger partial charge in [0.25, 0.3) is 0 Å². The van der Waals surface area contributed by atoms with Gasteiger partial charge in [-0.15, -0.1) is 0 Å². The molecule has 33 heavy (non-hydrogen) atoms. The average Bonchev–Trinajstić information content (AvgIpc) is 2.84. The van der Waals surface area contributed by atoms with Gasteiger partial charge in [0.15, 0.2) is 11.6 Å². The van der Waals surface area contributed by atoms with Crippen LogP contribution in [0.1, 0.15) is 64.5 Å². The van der Waals surface area contributed by atoms with Gasteiger partial charge >= 0.3 is 0 Å². The number of hydrogen-bond acceptors (Lipinski definition) is 4. The summed E-state index contributed by atoms with van der Waals surface area (Å²) in [6.07, 6.45) is 1.52. The number of hydrogen-bond donors (Lipinski definition) is 2. The molecule has 2 aromatic carbocycles. The minimum absolute atomic E-state index is 0.0602. The number of aliphatic hydroxyl groups excluding tert-OH is 2. The quantitative estimate of drug-likeness (QED) is 0.264. The van der Waals surface area contributed by atoms with Crippen molar-refractivity contribution in [3.05, 3.63) is 71.2 Å². The van der Waals surface area contributed by atoms with E-state index in [0.29, 0.717) is 36.8 Å². The lowest BCUT2D eigenvalue weighted by Crippen LogP contribution is -2.52. The van der Waals surface area contributed by atoms with Gasteiger partial charge in [-0.05, 0) is 11.1 Å². The van der Waals surface area contributed by atoms with Crippen molar-refractivity contribution in [1.29, 1.82) is 0 Å². The van der Waals surface area contributed by atoms with E-state index >= 15 is 0 Å². The molecule has 5 heteroatoms. The normalized spacial score (nSPS) is 13.3. The predicted octanol–water partition coefficient (Wildman–Crippen LogP) is 5.83. The number of aliphatic hydroxyl groups is 2. The SMILES string of the molecule is CCC(=O)/C(=C(\O)CC)c1ccc([Si](C)(C)c2ccc(/C(C(=O)CC)=C(/O)CC)cc2)cc1. The maximum Gasteiger partial charge on any atom is 0.166 e. The molecule has 0 heterocycles. The third-order valence-electron chi connectivity index (χ3n) is 6.24. The van der Waals surface area contributed by atoms with Crippen LogP contribution in [0.2, 0.25) is 13.1 Å². The summed E-state index contributed by atoms with van der Waals surface area (Å²) in [5.74, 6) is 0.134. The highest BCUT2D eigenvalue weighted by Gasteiger charge is 2.27. The van der Waals surface area contributed by atoms with Crippen molar-refractivity contribution < 1.29 is 19.8 Å². The molecule has 0 saturated carbocycles. The Labute approximate surface area is 198 Å². The van der Waals surface area contributed by atoms with Crippen LogP contribution in [-0.4, -0.2) is 29.9 Å². The summed E-state index contributed by atoms with van der Waals surface area (Å²) in [6, 6.07) is 15.9. The first-order valence-electron chi connectivity index (χ1n) is 11.7. The standard InChI is InChI=1S/C28H36O4Si/c1-7-23(29)27(24(30)8-2)19-11-15-21(16-12-19)33(5,6)22-17-13-20(14-18-22)28(25(31)9-3)26(32)10-4/h11-18,29,31H,7-10H2,1-6H3/b27-23-,28-25-. The van der Waals surface area contributed by atoms with Crippen LogP contribution in [0.25, 0.3) is 11.1 Å². The maximum absolute atomic E-state index is 12.4. The van der Waals surface area contributed by atoms with Crippen molar-refractivity contribution in [1.82, 2.24) is 0 Å². The smallest absolute Gasteiger partial charge is 0.166 e. The second kappa shape index (κ2) is 11.3. The van der Waals surface area contributed by atoms with Crippen LogP contribution >= 0.6 is 0 Å². The minimum Gasteiger partial charge on any atom is -0.512 e. The molecule has 0 amide bonds. The van der Waals surface area contributed by atoms with Crippen LogP contribution in [0.5, 0.6) is 0 Å². The fourth-order valence-electron chi connectivity index (χ4n) is 3.96. The summed E-state index contributed by atoms with van der Waals surface area (Å²) in [7, 11) is -2.04. The molecule has 0 aliphatic heterocycles. The first-order chi connectivity index (χ1) is 15.6. The zero-order valence-electron chi connectivity index (χ0n) is 20.7. The van der Waals surface area contributed by atoms with Gasteiger partial charge in [-0.2, -0.15) is 0 Å². The van der Waals surface area contributed by atoms with Crippen LogP contribution in [0.4, 0.5) is 0 Å². The Balaban J connectivity index is 2.42. The number of allylic oxidation sites excluding steroid dienone is 4. The van der Waals surface area contributed by atoms with E-state index in [-0.39, 0.29) is 23.1 Å².